The molecule has 136 valence electrons. The number of halogens is 1. The van der Waals surface area contributed by atoms with Gasteiger partial charge in [0.25, 0.3) is 5.56 Å². The Morgan fingerprint density at radius 3 is 2.52 bits per heavy atom. The molecule has 1 aliphatic rings. The fourth-order valence-corrected chi connectivity index (χ4v) is 3.34. The average molecular weight is 380 g/mol. The number of aromatic nitrogens is 2. The quantitative estimate of drug-likeness (QED) is 0.752. The van der Waals surface area contributed by atoms with Gasteiger partial charge in [-0.25, -0.2) is 4.68 Å². The minimum atomic E-state index is -0.594. The highest BCUT2D eigenvalue weighted by atomic mass is 35.5. The zero-order valence-corrected chi connectivity index (χ0v) is 15.7. The molecule has 0 saturated carbocycles. The molecule has 6 heteroatoms. The molecule has 0 fully saturated rings. The predicted molar refractivity (Wildman–Crippen MR) is 106 cm³/mol. The molecule has 2 aromatic carbocycles. The molecule has 27 heavy (non-hydrogen) atoms. The molecule has 2 heterocycles. The van der Waals surface area contributed by atoms with Crippen molar-refractivity contribution in [2.75, 3.05) is 5.32 Å². The average Bonchev–Trinajstić information content (AvgIpc) is 2.87. The van der Waals surface area contributed by atoms with Gasteiger partial charge >= 0.3 is 0 Å². The van der Waals surface area contributed by atoms with Gasteiger partial charge in [-0.1, -0.05) is 29.8 Å². The van der Waals surface area contributed by atoms with Crippen molar-refractivity contribution in [3.8, 4) is 11.3 Å². The second-order valence-corrected chi connectivity index (χ2v) is 7.62. The van der Waals surface area contributed by atoms with E-state index in [1.54, 1.807) is 18.2 Å². The molecule has 4 rings (SSSR count). The highest BCUT2D eigenvalue weighted by Gasteiger charge is 2.38. The van der Waals surface area contributed by atoms with Crippen molar-refractivity contribution < 1.29 is 4.79 Å². The summed E-state index contributed by atoms with van der Waals surface area (Å²) in [5.74, 6) is -0.0182. The maximum absolute atomic E-state index is 12.2. The van der Waals surface area contributed by atoms with Crippen molar-refractivity contribution >= 4 is 23.2 Å². The van der Waals surface area contributed by atoms with Gasteiger partial charge in [-0.15, -0.1) is 0 Å². The number of nitrogens with zero attached hydrogens (tertiary/aromatic N) is 2. The lowest BCUT2D eigenvalue weighted by atomic mass is 9.85. The Bertz CT molecular complexity index is 1100. The summed E-state index contributed by atoms with van der Waals surface area (Å²) >= 11 is 5.92. The molecule has 1 aromatic heterocycles. The van der Waals surface area contributed by atoms with Gasteiger partial charge in [0.1, 0.15) is 0 Å². The molecule has 0 saturated heterocycles. The molecular weight excluding hydrogens is 362 g/mol. The van der Waals surface area contributed by atoms with Crippen LogP contribution in [0.15, 0.2) is 59.4 Å². The lowest BCUT2D eigenvalue weighted by Gasteiger charge is -2.16. The van der Waals surface area contributed by atoms with E-state index in [-0.39, 0.29) is 11.5 Å². The topological polar surface area (TPSA) is 64.0 Å². The number of rotatable bonds is 3. The van der Waals surface area contributed by atoms with Crippen LogP contribution in [0.3, 0.4) is 0 Å². The third-order valence-electron chi connectivity index (χ3n) is 4.92. The van der Waals surface area contributed by atoms with Crippen LogP contribution in [0.5, 0.6) is 0 Å². The molecule has 0 atom stereocenters. The summed E-state index contributed by atoms with van der Waals surface area (Å²) in [5, 5.41) is 8.07. The van der Waals surface area contributed by atoms with Crippen LogP contribution in [0, 0.1) is 0 Å². The van der Waals surface area contributed by atoms with E-state index in [1.165, 1.54) is 10.7 Å². The van der Waals surface area contributed by atoms with Gasteiger partial charge < -0.3 is 5.32 Å². The number of benzene rings is 2. The number of carbonyl (C=O) groups is 1. The maximum Gasteiger partial charge on any atom is 0.267 e. The van der Waals surface area contributed by atoms with Gasteiger partial charge in [0.05, 0.1) is 17.7 Å². The Morgan fingerprint density at radius 2 is 1.78 bits per heavy atom. The van der Waals surface area contributed by atoms with E-state index >= 15 is 0 Å². The zero-order chi connectivity index (χ0) is 19.2. The first-order valence-corrected chi connectivity index (χ1v) is 9.01. The van der Waals surface area contributed by atoms with Gasteiger partial charge in [0.15, 0.2) is 0 Å². The first-order valence-electron chi connectivity index (χ1n) is 8.63. The molecule has 1 aliphatic heterocycles. The van der Waals surface area contributed by atoms with Crippen LogP contribution >= 0.6 is 11.6 Å². The van der Waals surface area contributed by atoms with Gasteiger partial charge in [0, 0.05) is 22.3 Å². The van der Waals surface area contributed by atoms with Crippen LogP contribution in [-0.4, -0.2) is 15.7 Å². The smallest absolute Gasteiger partial charge is 0.267 e. The minimum absolute atomic E-state index is 0.0182. The van der Waals surface area contributed by atoms with Crippen molar-refractivity contribution in [1.29, 1.82) is 0 Å². The largest absolute Gasteiger partial charge is 0.325 e. The van der Waals surface area contributed by atoms with E-state index in [1.807, 2.05) is 44.2 Å². The molecular formula is C21H18ClN3O2. The van der Waals surface area contributed by atoms with Gasteiger partial charge in [-0.3, -0.25) is 9.59 Å². The first kappa shape index (κ1) is 17.5. The number of carbonyl (C=O) groups excluding carboxylic acids is 1. The molecule has 5 nitrogen and oxygen atoms in total. The second-order valence-electron chi connectivity index (χ2n) is 7.18. The van der Waals surface area contributed by atoms with E-state index in [9.17, 15) is 9.59 Å². The fourth-order valence-electron chi connectivity index (χ4n) is 3.21. The summed E-state index contributed by atoms with van der Waals surface area (Å²) in [7, 11) is 0. The van der Waals surface area contributed by atoms with Crippen LogP contribution in [0.2, 0.25) is 5.02 Å². The summed E-state index contributed by atoms with van der Waals surface area (Å²) in [5.41, 5.74) is 3.47. The van der Waals surface area contributed by atoms with Crippen molar-refractivity contribution in [2.24, 2.45) is 0 Å². The first-order chi connectivity index (χ1) is 12.8. The van der Waals surface area contributed by atoms with Crippen LogP contribution in [-0.2, 0) is 16.8 Å². The molecule has 0 radical (unpaired) electrons. The van der Waals surface area contributed by atoms with Gasteiger partial charge in [-0.2, -0.15) is 5.10 Å². The minimum Gasteiger partial charge on any atom is -0.325 e. The molecule has 0 bridgehead atoms. The van der Waals surface area contributed by atoms with Crippen LogP contribution in [0.1, 0.15) is 25.0 Å². The molecule has 1 amide bonds. The normalized spacial score (nSPS) is 14.7. The standard InChI is InChI=1S/C21H18ClN3O2/c1-21(2)16-11-14(5-8-18(16)23-20(21)27)17-9-10-19(26)25(24-17)12-13-3-6-15(22)7-4-13/h3-11H,12H2,1-2H3,(H,23,27). The Labute approximate surface area is 161 Å². The maximum atomic E-state index is 12.2. The van der Waals surface area contributed by atoms with E-state index in [2.05, 4.69) is 10.4 Å². The molecule has 1 N–H and O–H groups in total. The van der Waals surface area contributed by atoms with E-state index in [0.29, 0.717) is 17.3 Å². The van der Waals surface area contributed by atoms with E-state index < -0.39 is 5.41 Å². The number of hydrogen-bond donors (Lipinski definition) is 1. The zero-order valence-electron chi connectivity index (χ0n) is 15.0. The summed E-state index contributed by atoms with van der Waals surface area (Å²) in [4.78, 5) is 24.4. The van der Waals surface area contributed by atoms with E-state index in [0.717, 1.165) is 22.4 Å². The lowest BCUT2D eigenvalue weighted by molar-refractivity contribution is -0.119. The Balaban J connectivity index is 1.72. The molecule has 3 aromatic rings. The van der Waals surface area contributed by atoms with Crippen molar-refractivity contribution in [3.63, 3.8) is 0 Å². The number of anilines is 1. The highest BCUT2D eigenvalue weighted by Crippen LogP contribution is 2.39. The Morgan fingerprint density at radius 1 is 1.04 bits per heavy atom. The summed E-state index contributed by atoms with van der Waals surface area (Å²) < 4.78 is 1.43. The third-order valence-corrected chi connectivity index (χ3v) is 5.17. The van der Waals surface area contributed by atoms with Crippen LogP contribution < -0.4 is 10.9 Å². The van der Waals surface area contributed by atoms with Crippen LogP contribution in [0.4, 0.5) is 5.69 Å². The third kappa shape index (κ3) is 3.15. The van der Waals surface area contributed by atoms with Gasteiger partial charge in [-0.05, 0) is 55.3 Å². The predicted octanol–water partition coefficient (Wildman–Crippen LogP) is 3.84. The summed E-state index contributed by atoms with van der Waals surface area (Å²) in [6.07, 6.45) is 0. The number of nitrogens with one attached hydrogen (secondary N) is 1. The lowest BCUT2D eigenvalue weighted by Crippen LogP contribution is -2.26. The number of hydrogen-bond acceptors (Lipinski definition) is 3. The van der Waals surface area contributed by atoms with Crippen LogP contribution in [0.25, 0.3) is 11.3 Å². The van der Waals surface area contributed by atoms with Crippen molar-refractivity contribution in [3.05, 3.63) is 81.1 Å². The highest BCUT2D eigenvalue weighted by molar-refractivity contribution is 6.30. The molecule has 0 unspecified atom stereocenters. The fraction of sp³-hybridized carbons (Fsp3) is 0.190. The Hall–Kier alpha value is -2.92. The molecule has 0 aliphatic carbocycles. The Kier molecular flexibility index (Phi) is 4.12. The summed E-state index contributed by atoms with van der Waals surface area (Å²) in [6, 6.07) is 16.3. The molecule has 0 spiro atoms. The SMILES string of the molecule is CC1(C)C(=O)Nc2ccc(-c3ccc(=O)n(Cc4ccc(Cl)cc4)n3)cc21. The van der Waals surface area contributed by atoms with Crippen molar-refractivity contribution in [2.45, 2.75) is 25.8 Å². The number of amides is 1. The number of fused-ring (bicyclic) bond motifs is 1. The monoisotopic (exact) mass is 379 g/mol. The van der Waals surface area contributed by atoms with E-state index in [4.69, 9.17) is 11.6 Å². The van der Waals surface area contributed by atoms with Gasteiger partial charge in [0.2, 0.25) is 5.91 Å². The second kappa shape index (κ2) is 6.35. The van der Waals surface area contributed by atoms with Crippen molar-refractivity contribution in [1.82, 2.24) is 9.78 Å². The summed E-state index contributed by atoms with van der Waals surface area (Å²) in [6.45, 7) is 4.15.